The van der Waals surface area contributed by atoms with E-state index in [1.54, 1.807) is 17.0 Å². The Hall–Kier alpha value is -3.43. The Morgan fingerprint density at radius 3 is 2.31 bits per heavy atom. The molecule has 0 N–H and O–H groups in total. The molecule has 2 aromatic carbocycles. The normalized spacial score (nSPS) is 17.5. The van der Waals surface area contributed by atoms with E-state index in [4.69, 9.17) is 4.42 Å². The zero-order valence-corrected chi connectivity index (χ0v) is 20.5. The van der Waals surface area contributed by atoms with Crippen LogP contribution in [-0.2, 0) is 9.59 Å². The van der Waals surface area contributed by atoms with Crippen LogP contribution in [0.3, 0.4) is 0 Å². The van der Waals surface area contributed by atoms with Gasteiger partial charge in [0.2, 0.25) is 5.91 Å². The van der Waals surface area contributed by atoms with Crippen LogP contribution in [0.15, 0.2) is 92.1 Å². The van der Waals surface area contributed by atoms with E-state index in [2.05, 4.69) is 4.90 Å². The van der Waals surface area contributed by atoms with Crippen LogP contribution >= 0.6 is 23.5 Å². The number of hydrogen-bond donors (Lipinski definition) is 0. The van der Waals surface area contributed by atoms with Crippen LogP contribution in [0.25, 0.3) is 6.08 Å². The number of nitrogens with zero attached hydrogens (tertiary/aromatic N) is 3. The molecule has 7 nitrogen and oxygen atoms in total. The fourth-order valence-electron chi connectivity index (χ4n) is 3.93. The minimum absolute atomic E-state index is 0.221. The molecule has 3 amide bonds. The molecular formula is C26H23N3O4S2. The summed E-state index contributed by atoms with van der Waals surface area (Å²) in [5.41, 5.74) is 1.12. The molecule has 0 saturated carbocycles. The number of carbonyl (C=O) groups is 3. The van der Waals surface area contributed by atoms with E-state index in [0.717, 1.165) is 27.2 Å². The van der Waals surface area contributed by atoms with Crippen molar-refractivity contribution in [3.63, 3.8) is 0 Å². The molecule has 5 rings (SSSR count). The number of rotatable bonds is 6. The van der Waals surface area contributed by atoms with E-state index in [9.17, 15) is 14.4 Å². The van der Waals surface area contributed by atoms with Crippen molar-refractivity contribution in [3.8, 4) is 0 Å². The largest absolute Gasteiger partial charge is 0.450 e. The van der Waals surface area contributed by atoms with Gasteiger partial charge in [-0.05, 0) is 48.2 Å². The third-order valence-electron chi connectivity index (χ3n) is 5.76. The zero-order chi connectivity index (χ0) is 24.2. The molecule has 1 aromatic heterocycles. The lowest BCUT2D eigenvalue weighted by molar-refractivity contribution is -0.136. The van der Waals surface area contributed by atoms with Gasteiger partial charge in [-0.25, -0.2) is 0 Å². The molecule has 3 aromatic rings. The van der Waals surface area contributed by atoms with Gasteiger partial charge in [-0.15, -0.1) is 0 Å². The fourth-order valence-corrected chi connectivity index (χ4v) is 5.54. The van der Waals surface area contributed by atoms with Crippen molar-refractivity contribution in [2.75, 3.05) is 37.6 Å². The summed E-state index contributed by atoms with van der Waals surface area (Å²) in [6.07, 6.45) is 1.56. The molecule has 35 heavy (non-hydrogen) atoms. The number of hydrogen-bond acceptors (Lipinski definition) is 7. The molecule has 2 aliphatic rings. The molecule has 0 unspecified atom stereocenters. The maximum Gasteiger partial charge on any atom is 0.294 e. The van der Waals surface area contributed by atoms with Crippen molar-refractivity contribution in [1.82, 2.24) is 9.80 Å². The maximum atomic E-state index is 12.9. The van der Waals surface area contributed by atoms with Crippen molar-refractivity contribution in [3.05, 3.63) is 83.5 Å². The van der Waals surface area contributed by atoms with Gasteiger partial charge in [-0.3, -0.25) is 19.3 Å². The second-order valence-corrected chi connectivity index (χ2v) is 10.1. The van der Waals surface area contributed by atoms with Crippen molar-refractivity contribution in [2.45, 2.75) is 9.99 Å². The minimum Gasteiger partial charge on any atom is -0.450 e. The summed E-state index contributed by atoms with van der Waals surface area (Å²) in [6.45, 7) is 2.27. The summed E-state index contributed by atoms with van der Waals surface area (Å²) in [4.78, 5) is 44.5. The highest BCUT2D eigenvalue weighted by Gasteiger charge is 2.37. The number of imide groups is 1. The number of carbonyl (C=O) groups excluding carboxylic acids is 3. The van der Waals surface area contributed by atoms with Crippen LogP contribution in [0.1, 0.15) is 5.76 Å². The van der Waals surface area contributed by atoms with Gasteiger partial charge in [0, 0.05) is 42.8 Å². The Morgan fingerprint density at radius 2 is 1.60 bits per heavy atom. The van der Waals surface area contributed by atoms with Gasteiger partial charge in [0.25, 0.3) is 11.1 Å². The number of para-hydroxylation sites is 1. The van der Waals surface area contributed by atoms with Crippen LogP contribution < -0.4 is 4.90 Å². The maximum absolute atomic E-state index is 12.9. The number of amides is 3. The molecule has 2 saturated heterocycles. The van der Waals surface area contributed by atoms with Crippen LogP contribution in [0, 0.1) is 0 Å². The predicted octanol–water partition coefficient (Wildman–Crippen LogP) is 4.82. The van der Waals surface area contributed by atoms with E-state index in [0.29, 0.717) is 37.0 Å². The Kier molecular flexibility index (Phi) is 6.96. The lowest BCUT2D eigenvalue weighted by Crippen LogP contribution is -2.51. The molecule has 0 bridgehead atoms. The Bertz CT molecular complexity index is 1250. The number of thioether (sulfide) groups is 1. The van der Waals surface area contributed by atoms with Crippen molar-refractivity contribution >= 4 is 52.3 Å². The van der Waals surface area contributed by atoms with Crippen molar-refractivity contribution < 1.29 is 18.8 Å². The quantitative estimate of drug-likeness (QED) is 0.445. The predicted molar refractivity (Wildman–Crippen MR) is 137 cm³/mol. The molecule has 0 spiro atoms. The first kappa shape index (κ1) is 23.3. The van der Waals surface area contributed by atoms with Crippen LogP contribution in [-0.4, -0.2) is 59.6 Å². The van der Waals surface area contributed by atoms with Crippen molar-refractivity contribution in [1.29, 1.82) is 0 Å². The van der Waals surface area contributed by atoms with Crippen LogP contribution in [0.5, 0.6) is 0 Å². The number of benzene rings is 2. The smallest absolute Gasteiger partial charge is 0.294 e. The summed E-state index contributed by atoms with van der Waals surface area (Å²) in [7, 11) is 0. The molecule has 178 valence electrons. The Balaban J connectivity index is 1.18. The van der Waals surface area contributed by atoms with Gasteiger partial charge in [-0.2, -0.15) is 0 Å². The highest BCUT2D eigenvalue weighted by Crippen LogP contribution is 2.34. The summed E-state index contributed by atoms with van der Waals surface area (Å²) < 4.78 is 5.80. The SMILES string of the molecule is O=C(CN1C(=O)S/C(=C/c2ccc(Sc3ccccc3)o2)C1=O)N1CCN(c2ccccc2)CC1. The molecule has 2 fully saturated rings. The highest BCUT2D eigenvalue weighted by molar-refractivity contribution is 8.18. The number of anilines is 1. The topological polar surface area (TPSA) is 74.1 Å². The standard InChI is InChI=1S/C26H23N3O4S2/c30-23(28-15-13-27(14-16-28)19-7-3-1-4-8-19)18-29-25(31)22(35-26(29)32)17-20-11-12-24(33-20)34-21-9-5-2-6-10-21/h1-12,17H,13-16,18H2/b22-17+. The van der Waals surface area contributed by atoms with Crippen LogP contribution in [0.2, 0.25) is 0 Å². The summed E-state index contributed by atoms with van der Waals surface area (Å²) in [5.74, 6) is -0.206. The highest BCUT2D eigenvalue weighted by atomic mass is 32.2. The molecule has 3 heterocycles. The average molecular weight is 506 g/mol. The monoisotopic (exact) mass is 505 g/mol. The van der Waals surface area contributed by atoms with E-state index in [-0.39, 0.29) is 17.4 Å². The Labute approximate surface area is 211 Å². The van der Waals surface area contributed by atoms with Gasteiger partial charge < -0.3 is 14.2 Å². The zero-order valence-electron chi connectivity index (χ0n) is 18.8. The second-order valence-electron chi connectivity index (χ2n) is 8.04. The first-order valence-corrected chi connectivity index (χ1v) is 12.9. The summed E-state index contributed by atoms with van der Waals surface area (Å²) >= 11 is 2.30. The van der Waals surface area contributed by atoms with Gasteiger partial charge in [0.15, 0.2) is 5.09 Å². The first-order valence-electron chi connectivity index (χ1n) is 11.2. The lowest BCUT2D eigenvalue weighted by Gasteiger charge is -2.36. The Morgan fingerprint density at radius 1 is 0.914 bits per heavy atom. The molecule has 0 radical (unpaired) electrons. The van der Waals surface area contributed by atoms with E-state index in [1.807, 2.05) is 66.7 Å². The molecule has 0 atom stereocenters. The molecule has 0 aliphatic carbocycles. The first-order chi connectivity index (χ1) is 17.1. The van der Waals surface area contributed by atoms with E-state index in [1.165, 1.54) is 11.8 Å². The van der Waals surface area contributed by atoms with Gasteiger partial charge in [0.05, 0.1) is 4.91 Å². The number of furan rings is 1. The van der Waals surface area contributed by atoms with Gasteiger partial charge in [0.1, 0.15) is 12.3 Å². The van der Waals surface area contributed by atoms with Gasteiger partial charge >= 0.3 is 0 Å². The molecule has 2 aliphatic heterocycles. The third kappa shape index (κ3) is 5.47. The minimum atomic E-state index is -0.468. The lowest BCUT2D eigenvalue weighted by atomic mass is 10.2. The van der Waals surface area contributed by atoms with E-state index >= 15 is 0 Å². The fraction of sp³-hybridized carbons (Fsp3) is 0.192. The molecular weight excluding hydrogens is 482 g/mol. The van der Waals surface area contributed by atoms with E-state index < -0.39 is 11.1 Å². The summed E-state index contributed by atoms with van der Waals surface area (Å²) in [5, 5.41) is 0.245. The van der Waals surface area contributed by atoms with Crippen LogP contribution in [0.4, 0.5) is 10.5 Å². The summed E-state index contributed by atoms with van der Waals surface area (Å²) in [6, 6.07) is 23.5. The van der Waals surface area contributed by atoms with Crippen molar-refractivity contribution in [2.24, 2.45) is 0 Å². The second kappa shape index (κ2) is 10.5. The average Bonchev–Trinajstić information content (AvgIpc) is 3.44. The number of piperazine rings is 1. The molecule has 9 heteroatoms. The van der Waals surface area contributed by atoms with Gasteiger partial charge in [-0.1, -0.05) is 48.2 Å². The third-order valence-corrected chi connectivity index (χ3v) is 7.59.